The molecule has 10 heteroatoms. The van der Waals surface area contributed by atoms with Crippen LogP contribution in [0.15, 0.2) is 59.8 Å². The Labute approximate surface area is 181 Å². The molecule has 3 rings (SSSR count). The van der Waals surface area contributed by atoms with Crippen molar-refractivity contribution in [3.63, 3.8) is 0 Å². The van der Waals surface area contributed by atoms with E-state index in [2.05, 4.69) is 15.5 Å². The van der Waals surface area contributed by atoms with Crippen LogP contribution in [-0.4, -0.2) is 26.4 Å². The molecule has 0 aliphatic heterocycles. The van der Waals surface area contributed by atoms with Crippen molar-refractivity contribution in [3.05, 3.63) is 66.0 Å². The first-order valence-electron chi connectivity index (χ1n) is 9.52. The molecule has 0 fully saturated rings. The highest BCUT2D eigenvalue weighted by Gasteiger charge is 2.30. The van der Waals surface area contributed by atoms with Gasteiger partial charge in [-0.15, -0.1) is 10.2 Å². The van der Waals surface area contributed by atoms with Gasteiger partial charge in [0, 0.05) is 12.2 Å². The molecule has 1 aromatic heterocycles. The van der Waals surface area contributed by atoms with E-state index in [0.717, 1.165) is 23.9 Å². The van der Waals surface area contributed by atoms with E-state index in [-0.39, 0.29) is 17.5 Å². The Morgan fingerprint density at radius 1 is 1.16 bits per heavy atom. The number of ether oxygens (including phenoxy) is 1. The predicted molar refractivity (Wildman–Crippen MR) is 112 cm³/mol. The van der Waals surface area contributed by atoms with E-state index < -0.39 is 17.6 Å². The van der Waals surface area contributed by atoms with Crippen LogP contribution in [0.25, 0.3) is 0 Å². The lowest BCUT2D eigenvalue weighted by Gasteiger charge is -2.15. The van der Waals surface area contributed by atoms with Crippen molar-refractivity contribution in [2.24, 2.45) is 0 Å². The molecule has 0 aliphatic rings. The summed E-state index contributed by atoms with van der Waals surface area (Å²) in [6, 6.07) is 13.8. The highest BCUT2D eigenvalue weighted by molar-refractivity contribution is 7.99. The Bertz CT molecular complexity index is 1020. The van der Waals surface area contributed by atoms with Gasteiger partial charge in [0.25, 0.3) is 0 Å². The van der Waals surface area contributed by atoms with Crippen LogP contribution in [0, 0.1) is 0 Å². The van der Waals surface area contributed by atoms with Gasteiger partial charge in [-0.25, -0.2) is 0 Å². The highest BCUT2D eigenvalue weighted by atomic mass is 32.2. The lowest BCUT2D eigenvalue weighted by Crippen LogP contribution is -2.16. The van der Waals surface area contributed by atoms with Crippen LogP contribution in [0.3, 0.4) is 0 Å². The molecule has 1 unspecified atom stereocenters. The van der Waals surface area contributed by atoms with Gasteiger partial charge in [-0.3, -0.25) is 4.79 Å². The largest absolute Gasteiger partial charge is 0.483 e. The molecule has 0 saturated heterocycles. The molecule has 0 saturated carbocycles. The molecular weight excluding hydrogens is 429 g/mol. The van der Waals surface area contributed by atoms with Gasteiger partial charge in [-0.1, -0.05) is 36.0 Å². The van der Waals surface area contributed by atoms with Crippen LogP contribution in [-0.2, 0) is 17.5 Å². The van der Waals surface area contributed by atoms with E-state index in [1.807, 2.05) is 48.7 Å². The van der Waals surface area contributed by atoms with E-state index in [4.69, 9.17) is 4.74 Å². The zero-order valence-electron chi connectivity index (χ0n) is 16.9. The maximum atomic E-state index is 12.8. The van der Waals surface area contributed by atoms with E-state index in [1.165, 1.54) is 12.1 Å². The van der Waals surface area contributed by atoms with Gasteiger partial charge in [0.1, 0.15) is 5.75 Å². The van der Waals surface area contributed by atoms with E-state index in [9.17, 15) is 18.0 Å². The molecule has 1 heterocycles. The van der Waals surface area contributed by atoms with Gasteiger partial charge in [0.15, 0.2) is 17.1 Å². The number of nitrogens with zero attached hydrogens (tertiary/aromatic N) is 3. The average molecular weight is 450 g/mol. The fraction of sp³-hybridized carbons (Fsp3) is 0.286. The minimum absolute atomic E-state index is 0.0255. The Morgan fingerprint density at radius 2 is 1.90 bits per heavy atom. The third kappa shape index (κ3) is 6.00. The number of aromatic nitrogens is 3. The second kappa shape index (κ2) is 9.86. The van der Waals surface area contributed by atoms with Crippen LogP contribution >= 0.6 is 11.8 Å². The van der Waals surface area contributed by atoms with Crippen LogP contribution in [0.4, 0.5) is 18.9 Å². The third-order valence-electron chi connectivity index (χ3n) is 4.29. The number of halogens is 3. The topological polar surface area (TPSA) is 69.0 Å². The molecule has 0 bridgehead atoms. The van der Waals surface area contributed by atoms with Crippen molar-refractivity contribution < 1.29 is 22.7 Å². The van der Waals surface area contributed by atoms with Gasteiger partial charge >= 0.3 is 6.18 Å². The fourth-order valence-corrected chi connectivity index (χ4v) is 3.67. The first-order chi connectivity index (χ1) is 14.8. The minimum Gasteiger partial charge on any atom is -0.483 e. The zero-order valence-corrected chi connectivity index (χ0v) is 17.7. The normalized spacial score (nSPS) is 12.4. The van der Waals surface area contributed by atoms with Crippen LogP contribution in [0.1, 0.15) is 31.3 Å². The van der Waals surface area contributed by atoms with Crippen molar-refractivity contribution >= 4 is 23.4 Å². The summed E-state index contributed by atoms with van der Waals surface area (Å²) >= 11 is 1.15. The van der Waals surface area contributed by atoms with Crippen LogP contribution in [0.5, 0.6) is 5.75 Å². The maximum Gasteiger partial charge on any atom is 0.416 e. The molecule has 31 heavy (non-hydrogen) atoms. The monoisotopic (exact) mass is 450 g/mol. The quantitative estimate of drug-likeness (QED) is 0.479. The number of carbonyl (C=O) groups excluding carboxylic acids is 1. The molecule has 3 aromatic rings. The Morgan fingerprint density at radius 3 is 2.58 bits per heavy atom. The molecule has 0 spiro atoms. The van der Waals surface area contributed by atoms with Gasteiger partial charge in [-0.05, 0) is 44.2 Å². The number of alkyl halides is 3. The first-order valence-corrected chi connectivity index (χ1v) is 10.5. The molecular formula is C21H21F3N4O2S. The molecule has 0 radical (unpaired) electrons. The number of hydrogen-bond acceptors (Lipinski definition) is 5. The Kier molecular flexibility index (Phi) is 7.21. The lowest BCUT2D eigenvalue weighted by molar-refractivity contribution is -0.137. The van der Waals surface area contributed by atoms with E-state index in [1.54, 1.807) is 0 Å². The smallest absolute Gasteiger partial charge is 0.416 e. The summed E-state index contributed by atoms with van der Waals surface area (Å²) < 4.78 is 46.2. The van der Waals surface area contributed by atoms with E-state index in [0.29, 0.717) is 23.3 Å². The Balaban J connectivity index is 1.62. The van der Waals surface area contributed by atoms with Gasteiger partial charge in [-0.2, -0.15) is 13.2 Å². The summed E-state index contributed by atoms with van der Waals surface area (Å²) in [5.74, 6) is 0.857. The second-order valence-electron chi connectivity index (χ2n) is 6.57. The van der Waals surface area contributed by atoms with Gasteiger partial charge < -0.3 is 14.6 Å². The molecule has 0 aliphatic carbocycles. The maximum absolute atomic E-state index is 12.8. The van der Waals surface area contributed by atoms with Crippen molar-refractivity contribution in [1.82, 2.24) is 14.8 Å². The Hall–Kier alpha value is -3.01. The number of benzene rings is 2. The van der Waals surface area contributed by atoms with Crippen molar-refractivity contribution in [2.75, 3.05) is 11.1 Å². The average Bonchev–Trinajstić information content (AvgIpc) is 3.15. The summed E-state index contributed by atoms with van der Waals surface area (Å²) in [6.45, 7) is 4.36. The third-order valence-corrected chi connectivity index (χ3v) is 5.25. The summed E-state index contributed by atoms with van der Waals surface area (Å²) in [7, 11) is 0. The van der Waals surface area contributed by atoms with Gasteiger partial charge in [0.2, 0.25) is 5.91 Å². The molecule has 1 amide bonds. The molecule has 6 nitrogen and oxygen atoms in total. The van der Waals surface area contributed by atoms with Gasteiger partial charge in [0.05, 0.1) is 11.3 Å². The number of amides is 1. The van der Waals surface area contributed by atoms with Crippen molar-refractivity contribution in [3.8, 4) is 5.75 Å². The lowest BCUT2D eigenvalue weighted by atomic mass is 10.2. The summed E-state index contributed by atoms with van der Waals surface area (Å²) in [6.07, 6.45) is -4.83. The number of para-hydroxylation sites is 1. The number of rotatable bonds is 8. The highest BCUT2D eigenvalue weighted by Crippen LogP contribution is 2.31. The summed E-state index contributed by atoms with van der Waals surface area (Å²) in [5.41, 5.74) is -0.733. The van der Waals surface area contributed by atoms with E-state index >= 15 is 0 Å². The fourth-order valence-electron chi connectivity index (χ4n) is 2.86. The number of carbonyl (C=O) groups is 1. The molecule has 1 atom stereocenters. The zero-order chi connectivity index (χ0) is 22.4. The number of thioether (sulfide) groups is 1. The predicted octanol–water partition coefficient (Wildman–Crippen LogP) is 5.19. The summed E-state index contributed by atoms with van der Waals surface area (Å²) in [5, 5.41) is 11.3. The SMILES string of the molecule is CCn1c(SCC(=O)Nc2cccc(C(F)(F)F)c2)nnc1C(C)Oc1ccccc1. The summed E-state index contributed by atoms with van der Waals surface area (Å²) in [4.78, 5) is 12.2. The van der Waals surface area contributed by atoms with Crippen molar-refractivity contribution in [2.45, 2.75) is 37.8 Å². The number of anilines is 1. The second-order valence-corrected chi connectivity index (χ2v) is 7.52. The number of nitrogens with one attached hydrogen (secondary N) is 1. The van der Waals surface area contributed by atoms with Crippen LogP contribution < -0.4 is 10.1 Å². The minimum atomic E-state index is -4.47. The van der Waals surface area contributed by atoms with Crippen molar-refractivity contribution in [1.29, 1.82) is 0 Å². The molecule has 1 N–H and O–H groups in total. The first kappa shape index (κ1) is 22.7. The molecule has 2 aromatic carbocycles. The molecule has 164 valence electrons. The standard InChI is InChI=1S/C21H21F3N4O2S/c1-3-28-19(14(2)30-17-10-5-4-6-11-17)26-27-20(28)31-13-18(29)25-16-9-7-8-15(12-16)21(22,23)24/h4-12,14H,3,13H2,1-2H3,(H,25,29). The number of hydrogen-bond donors (Lipinski definition) is 1. The van der Waals surface area contributed by atoms with Crippen LogP contribution in [0.2, 0.25) is 0 Å².